The minimum absolute atomic E-state index is 0.0396. The van der Waals surface area contributed by atoms with Crippen LogP contribution in [0.1, 0.15) is 56.7 Å². The number of pyridine rings is 1. The highest BCUT2D eigenvalue weighted by Gasteiger charge is 2.50. The average Bonchev–Trinajstić information content (AvgIpc) is 3.70. The summed E-state index contributed by atoms with van der Waals surface area (Å²) in [4.78, 5) is 57.2. The normalized spacial score (nSPS) is 21.6. The van der Waals surface area contributed by atoms with E-state index in [4.69, 9.17) is 23.9 Å². The lowest BCUT2D eigenvalue weighted by Gasteiger charge is -2.35. The molecular weight excluding hydrogens is 643 g/mol. The molecule has 1 aromatic carbocycles. The van der Waals surface area contributed by atoms with Gasteiger partial charge in [0.15, 0.2) is 0 Å². The first-order valence-electron chi connectivity index (χ1n) is 16.0. The van der Waals surface area contributed by atoms with Crippen LogP contribution in [0.3, 0.4) is 0 Å². The number of esters is 2. The molecule has 47 heavy (non-hydrogen) atoms. The summed E-state index contributed by atoms with van der Waals surface area (Å²) in [6.07, 6.45) is 6.15. The number of hydrogen-bond acceptors (Lipinski definition) is 12. The van der Waals surface area contributed by atoms with Gasteiger partial charge in [-0.1, -0.05) is 53.1 Å². The third kappa shape index (κ3) is 8.49. The summed E-state index contributed by atoms with van der Waals surface area (Å²) in [5, 5.41) is 4.32. The second kappa shape index (κ2) is 16.5. The van der Waals surface area contributed by atoms with E-state index in [0.29, 0.717) is 30.2 Å². The van der Waals surface area contributed by atoms with Gasteiger partial charge in [-0.3, -0.25) is 9.59 Å². The number of carbonyl (C=O) groups is 4. The Morgan fingerprint density at radius 3 is 2.85 bits per heavy atom. The Hall–Kier alpha value is -3.55. The maximum Gasteiger partial charge on any atom is 0.408 e. The highest BCUT2D eigenvalue weighted by atomic mass is 33.1. The van der Waals surface area contributed by atoms with E-state index in [9.17, 15) is 19.2 Å². The number of benzene rings is 1. The van der Waals surface area contributed by atoms with E-state index in [0.717, 1.165) is 41.4 Å². The predicted molar refractivity (Wildman–Crippen MR) is 181 cm³/mol. The molecule has 13 heteroatoms. The summed E-state index contributed by atoms with van der Waals surface area (Å²) in [5.74, 6) is 0.220. The van der Waals surface area contributed by atoms with E-state index < -0.39 is 17.7 Å². The Bertz CT molecular complexity index is 1540. The van der Waals surface area contributed by atoms with Crippen LogP contribution >= 0.6 is 21.6 Å². The number of amides is 1. The number of para-hydroxylation sites is 1. The standard InChI is InChI=1S/C34H41N3O8S2/c1-3-34(45-33(41)35-13-14-42-15-16-43-30(39)11-7-5-9-26-12-17-46-47-26)27(25(21-38)22-44-32(34)40)19-29-31-24(20-37(29)2)18-23-8-4-6-10-28(23)36-31/h4,6,8,10,18-19,21,26H,3,5,7,9,11-17,20,22H2,1-2H3,(H,35,41)/b29-19-. The number of carbonyl (C=O) groups excluding carboxylic acids is 4. The van der Waals surface area contributed by atoms with Crippen LogP contribution in [0.5, 0.6) is 0 Å². The van der Waals surface area contributed by atoms with Crippen molar-refractivity contribution in [3.63, 3.8) is 0 Å². The summed E-state index contributed by atoms with van der Waals surface area (Å²) in [6.45, 7) is 2.59. The topological polar surface area (TPSA) is 133 Å². The Balaban J connectivity index is 1.14. The molecule has 2 unspecified atom stereocenters. The van der Waals surface area contributed by atoms with Gasteiger partial charge in [0.25, 0.3) is 0 Å². The lowest BCUT2D eigenvalue weighted by Crippen LogP contribution is -2.51. The van der Waals surface area contributed by atoms with Crippen LogP contribution in [0.15, 0.2) is 47.6 Å². The number of alkyl carbamates (subject to hydrolysis) is 1. The molecule has 11 nitrogen and oxygen atoms in total. The van der Waals surface area contributed by atoms with Gasteiger partial charge in [-0.05, 0) is 49.5 Å². The van der Waals surface area contributed by atoms with Crippen molar-refractivity contribution in [1.82, 2.24) is 15.2 Å². The second-order valence-electron chi connectivity index (χ2n) is 11.6. The Morgan fingerprint density at radius 1 is 1.21 bits per heavy atom. The van der Waals surface area contributed by atoms with Gasteiger partial charge >= 0.3 is 18.0 Å². The Morgan fingerprint density at radius 2 is 2.06 bits per heavy atom. The first-order chi connectivity index (χ1) is 22.8. The number of cyclic esters (lactones) is 1. The number of nitrogens with one attached hydrogen (secondary N) is 1. The van der Waals surface area contributed by atoms with Crippen LogP contribution in [0, 0.1) is 0 Å². The van der Waals surface area contributed by atoms with Crippen LogP contribution in [-0.4, -0.2) is 90.8 Å². The predicted octanol–water partition coefficient (Wildman–Crippen LogP) is 5.22. The summed E-state index contributed by atoms with van der Waals surface area (Å²) in [7, 11) is 5.78. The molecule has 4 heterocycles. The third-order valence-corrected chi connectivity index (χ3v) is 11.4. The molecule has 252 valence electrons. The van der Waals surface area contributed by atoms with Gasteiger partial charge in [-0.25, -0.2) is 14.6 Å². The van der Waals surface area contributed by atoms with Gasteiger partial charge in [-0.15, -0.1) is 0 Å². The fourth-order valence-corrected chi connectivity index (χ4v) is 8.90. The van der Waals surface area contributed by atoms with Crippen LogP contribution in [-0.2, 0) is 39.9 Å². The first kappa shape index (κ1) is 34.8. The summed E-state index contributed by atoms with van der Waals surface area (Å²) in [5.41, 5.74) is 1.90. The molecule has 1 aromatic heterocycles. The van der Waals surface area contributed by atoms with Gasteiger partial charge in [-0.2, -0.15) is 0 Å². The van der Waals surface area contributed by atoms with E-state index >= 15 is 0 Å². The summed E-state index contributed by atoms with van der Waals surface area (Å²) < 4.78 is 21.8. The Kier molecular flexibility index (Phi) is 12.2. The molecule has 3 aliphatic rings. The molecule has 2 aromatic rings. The maximum atomic E-state index is 13.3. The fourth-order valence-electron chi connectivity index (χ4n) is 5.87. The SMILES string of the molecule is CCC1(OC(=O)NCCOCCOC(=O)CCCCC2CCSS2)C(=O)OCC(C=O)=C1/C=C1/c2nc3ccccc3cc2CN1C. The van der Waals surface area contributed by atoms with Gasteiger partial charge in [0.05, 0.1) is 30.1 Å². The number of rotatable bonds is 15. The molecule has 0 saturated carbocycles. The number of fused-ring (bicyclic) bond motifs is 2. The molecule has 1 N–H and O–H groups in total. The van der Waals surface area contributed by atoms with E-state index in [1.165, 1.54) is 12.2 Å². The van der Waals surface area contributed by atoms with Crippen molar-refractivity contribution < 1.29 is 38.1 Å². The van der Waals surface area contributed by atoms with Crippen LogP contribution < -0.4 is 5.32 Å². The summed E-state index contributed by atoms with van der Waals surface area (Å²) >= 11 is 0. The molecule has 1 amide bonds. The monoisotopic (exact) mass is 683 g/mol. The zero-order valence-corrected chi connectivity index (χ0v) is 28.4. The van der Waals surface area contributed by atoms with Crippen molar-refractivity contribution in [2.45, 2.75) is 62.8 Å². The maximum absolute atomic E-state index is 13.3. The Labute approximate surface area is 282 Å². The minimum Gasteiger partial charge on any atom is -0.463 e. The molecule has 0 bridgehead atoms. The lowest BCUT2D eigenvalue weighted by molar-refractivity contribution is -0.163. The number of hydrogen-bond donors (Lipinski definition) is 1. The second-order valence-corrected chi connectivity index (χ2v) is 14.4. The number of unbranched alkanes of at least 4 members (excludes halogenated alkanes) is 1. The highest BCUT2D eigenvalue weighted by Crippen LogP contribution is 2.41. The smallest absolute Gasteiger partial charge is 0.408 e. The lowest BCUT2D eigenvalue weighted by atomic mass is 9.84. The van der Waals surface area contributed by atoms with Crippen LogP contribution in [0.4, 0.5) is 4.79 Å². The quantitative estimate of drug-likeness (QED) is 0.0868. The van der Waals surface area contributed by atoms with E-state index in [1.807, 2.05) is 57.8 Å². The van der Waals surface area contributed by atoms with Crippen LogP contribution in [0.2, 0.25) is 0 Å². The molecule has 0 aliphatic carbocycles. The largest absolute Gasteiger partial charge is 0.463 e. The molecule has 3 aliphatic heterocycles. The van der Waals surface area contributed by atoms with Crippen molar-refractivity contribution >= 4 is 62.5 Å². The van der Waals surface area contributed by atoms with Gasteiger partial charge in [0.1, 0.15) is 19.5 Å². The van der Waals surface area contributed by atoms with Gasteiger partial charge < -0.3 is 29.2 Å². The molecular formula is C34H41N3O8S2. The molecule has 1 saturated heterocycles. The third-order valence-electron chi connectivity index (χ3n) is 8.41. The molecule has 1 fully saturated rings. The van der Waals surface area contributed by atoms with Gasteiger partial charge in [0.2, 0.25) is 5.60 Å². The van der Waals surface area contributed by atoms with Crippen molar-refractivity contribution in [3.8, 4) is 0 Å². The molecule has 0 radical (unpaired) electrons. The number of aromatic nitrogens is 1. The van der Waals surface area contributed by atoms with E-state index in [1.54, 1.807) is 13.0 Å². The number of aldehydes is 1. The van der Waals surface area contributed by atoms with Crippen molar-refractivity contribution in [2.75, 3.05) is 45.8 Å². The van der Waals surface area contributed by atoms with Crippen molar-refractivity contribution in [1.29, 1.82) is 0 Å². The van der Waals surface area contributed by atoms with Crippen molar-refractivity contribution in [2.24, 2.45) is 0 Å². The van der Waals surface area contributed by atoms with E-state index in [-0.39, 0.29) is 56.5 Å². The zero-order chi connectivity index (χ0) is 33.2. The fraction of sp³-hybridized carbons (Fsp3) is 0.500. The van der Waals surface area contributed by atoms with E-state index in [2.05, 4.69) is 11.4 Å². The number of nitrogens with zero attached hydrogens (tertiary/aromatic N) is 2. The first-order valence-corrected chi connectivity index (χ1v) is 18.4. The van der Waals surface area contributed by atoms with Gasteiger partial charge in [0, 0.05) is 54.1 Å². The molecule has 5 rings (SSSR count). The van der Waals surface area contributed by atoms with Crippen LogP contribution in [0.25, 0.3) is 16.6 Å². The van der Waals surface area contributed by atoms with Crippen molar-refractivity contribution in [3.05, 3.63) is 58.8 Å². The number of ether oxygens (including phenoxy) is 4. The zero-order valence-electron chi connectivity index (χ0n) is 26.8. The molecule has 0 spiro atoms. The molecule has 2 atom stereocenters. The highest BCUT2D eigenvalue weighted by molar-refractivity contribution is 8.77. The average molecular weight is 684 g/mol. The summed E-state index contributed by atoms with van der Waals surface area (Å²) in [6, 6.07) is 9.89. The minimum atomic E-state index is -1.84.